The summed E-state index contributed by atoms with van der Waals surface area (Å²) in [5.41, 5.74) is 1.81. The van der Waals surface area contributed by atoms with Crippen LogP contribution in [0.5, 0.6) is 11.5 Å². The van der Waals surface area contributed by atoms with Gasteiger partial charge < -0.3 is 9.64 Å². The summed E-state index contributed by atoms with van der Waals surface area (Å²) in [7, 11) is 1.62. The SMILES string of the molecule is CN(Cc1ccc(F)cc1F)C(=O)C1c2ccccc2Oc2ccccc21. The van der Waals surface area contributed by atoms with Crippen molar-refractivity contribution in [3.63, 3.8) is 0 Å². The van der Waals surface area contributed by atoms with Crippen LogP contribution < -0.4 is 4.74 Å². The summed E-state index contributed by atoms with van der Waals surface area (Å²) in [6.45, 7) is 0.0483. The topological polar surface area (TPSA) is 29.5 Å². The Bertz CT molecular complexity index is 973. The van der Waals surface area contributed by atoms with E-state index in [0.717, 1.165) is 17.2 Å². The van der Waals surface area contributed by atoms with Gasteiger partial charge in [0.1, 0.15) is 23.1 Å². The fourth-order valence-corrected chi connectivity index (χ4v) is 3.38. The van der Waals surface area contributed by atoms with Crippen molar-refractivity contribution >= 4 is 5.91 Å². The molecule has 0 aromatic heterocycles. The molecule has 0 bridgehead atoms. The quantitative estimate of drug-likeness (QED) is 0.663. The first kappa shape index (κ1) is 17.2. The monoisotopic (exact) mass is 365 g/mol. The second kappa shape index (κ2) is 6.83. The molecule has 0 aliphatic carbocycles. The van der Waals surface area contributed by atoms with E-state index in [1.54, 1.807) is 7.05 Å². The van der Waals surface area contributed by atoms with Crippen molar-refractivity contribution in [1.82, 2.24) is 4.90 Å². The zero-order chi connectivity index (χ0) is 19.0. The predicted octanol–water partition coefficient (Wildman–Crippen LogP) is 4.86. The van der Waals surface area contributed by atoms with E-state index < -0.39 is 17.6 Å². The molecule has 0 atom stereocenters. The maximum atomic E-state index is 14.0. The number of halogens is 2. The molecule has 0 spiro atoms. The average Bonchev–Trinajstić information content (AvgIpc) is 2.67. The number of nitrogens with zero attached hydrogens (tertiary/aromatic N) is 1. The highest BCUT2D eigenvalue weighted by molar-refractivity contribution is 5.89. The largest absolute Gasteiger partial charge is 0.457 e. The van der Waals surface area contributed by atoms with Gasteiger partial charge in [-0.1, -0.05) is 42.5 Å². The van der Waals surface area contributed by atoms with E-state index in [1.807, 2.05) is 48.5 Å². The Hall–Kier alpha value is -3.21. The van der Waals surface area contributed by atoms with Crippen molar-refractivity contribution in [2.75, 3.05) is 7.05 Å². The standard InChI is InChI=1S/C22H17F2NO2/c1-25(13-14-10-11-15(23)12-18(14)24)22(26)21-16-6-2-4-8-19(16)27-20-9-5-3-7-17(20)21/h2-12,21H,13H2,1H3. The molecule has 3 aromatic rings. The fraction of sp³-hybridized carbons (Fsp3) is 0.136. The fourth-order valence-electron chi connectivity index (χ4n) is 3.38. The minimum Gasteiger partial charge on any atom is -0.457 e. The summed E-state index contributed by atoms with van der Waals surface area (Å²) in [6, 6.07) is 18.2. The van der Waals surface area contributed by atoms with Gasteiger partial charge in [0.25, 0.3) is 0 Å². The lowest BCUT2D eigenvalue weighted by Crippen LogP contribution is -2.33. The molecule has 4 rings (SSSR count). The molecule has 5 heteroatoms. The molecule has 0 N–H and O–H groups in total. The number of carbonyl (C=O) groups excluding carboxylic acids is 1. The molecular formula is C22H17F2NO2. The first-order valence-corrected chi connectivity index (χ1v) is 8.59. The molecule has 136 valence electrons. The molecule has 3 nitrogen and oxygen atoms in total. The molecule has 1 aliphatic rings. The van der Waals surface area contributed by atoms with Crippen molar-refractivity contribution in [3.8, 4) is 11.5 Å². The van der Waals surface area contributed by atoms with E-state index in [0.29, 0.717) is 11.5 Å². The molecule has 1 amide bonds. The number of rotatable bonds is 3. The number of likely N-dealkylation sites (N-methyl/N-ethyl adjacent to an activating group) is 1. The van der Waals surface area contributed by atoms with Crippen LogP contribution in [-0.4, -0.2) is 17.9 Å². The van der Waals surface area contributed by atoms with Gasteiger partial charge in [-0.25, -0.2) is 8.78 Å². The Morgan fingerprint density at radius 3 is 2.15 bits per heavy atom. The van der Waals surface area contributed by atoms with Gasteiger partial charge in [-0.05, 0) is 18.2 Å². The van der Waals surface area contributed by atoms with Crippen LogP contribution in [0.1, 0.15) is 22.6 Å². The first-order chi connectivity index (χ1) is 13.0. The highest BCUT2D eigenvalue weighted by Gasteiger charge is 2.34. The molecule has 0 radical (unpaired) electrons. The minimum atomic E-state index is -0.664. The molecule has 27 heavy (non-hydrogen) atoms. The third-order valence-corrected chi connectivity index (χ3v) is 4.73. The van der Waals surface area contributed by atoms with Crippen LogP contribution >= 0.6 is 0 Å². The van der Waals surface area contributed by atoms with Crippen LogP contribution in [0.4, 0.5) is 8.78 Å². The predicted molar refractivity (Wildman–Crippen MR) is 97.6 cm³/mol. The Labute approximate surface area is 155 Å². The highest BCUT2D eigenvalue weighted by atomic mass is 19.1. The highest BCUT2D eigenvalue weighted by Crippen LogP contribution is 2.44. The number of ether oxygens (including phenoxy) is 1. The molecule has 3 aromatic carbocycles. The Morgan fingerprint density at radius 2 is 1.56 bits per heavy atom. The van der Waals surface area contributed by atoms with Gasteiger partial charge in [0, 0.05) is 36.3 Å². The van der Waals surface area contributed by atoms with Crippen LogP contribution in [0.3, 0.4) is 0 Å². The molecule has 0 fully saturated rings. The molecule has 1 heterocycles. The van der Waals surface area contributed by atoms with Gasteiger partial charge in [0.15, 0.2) is 0 Å². The third kappa shape index (κ3) is 3.16. The maximum absolute atomic E-state index is 14.0. The molecular weight excluding hydrogens is 348 g/mol. The van der Waals surface area contributed by atoms with E-state index in [9.17, 15) is 13.6 Å². The van der Waals surface area contributed by atoms with Crippen molar-refractivity contribution in [2.45, 2.75) is 12.5 Å². The van der Waals surface area contributed by atoms with Crippen LogP contribution in [0.15, 0.2) is 66.7 Å². The Morgan fingerprint density at radius 1 is 0.963 bits per heavy atom. The first-order valence-electron chi connectivity index (χ1n) is 8.59. The Balaban J connectivity index is 1.69. The molecule has 1 aliphatic heterocycles. The van der Waals surface area contributed by atoms with E-state index in [1.165, 1.54) is 17.0 Å². The van der Waals surface area contributed by atoms with Crippen molar-refractivity contribution < 1.29 is 18.3 Å². The summed E-state index contributed by atoms with van der Waals surface area (Å²) < 4.78 is 33.0. The number of para-hydroxylation sites is 2. The molecule has 0 unspecified atom stereocenters. The van der Waals surface area contributed by atoms with Crippen molar-refractivity contribution in [1.29, 1.82) is 0 Å². The van der Waals surface area contributed by atoms with E-state index in [2.05, 4.69) is 0 Å². The summed E-state index contributed by atoms with van der Waals surface area (Å²) in [5.74, 6) is -0.756. The number of fused-ring (bicyclic) bond motifs is 2. The van der Waals surface area contributed by atoms with Crippen molar-refractivity contribution in [2.24, 2.45) is 0 Å². The summed E-state index contributed by atoms with van der Waals surface area (Å²) in [5, 5.41) is 0. The number of hydrogen-bond acceptors (Lipinski definition) is 2. The number of carbonyl (C=O) groups is 1. The maximum Gasteiger partial charge on any atom is 0.234 e. The van der Waals surface area contributed by atoms with Crippen molar-refractivity contribution in [3.05, 3.63) is 95.1 Å². The number of benzene rings is 3. The van der Waals surface area contributed by atoms with Gasteiger partial charge in [0.2, 0.25) is 5.91 Å². The average molecular weight is 365 g/mol. The second-order valence-electron chi connectivity index (χ2n) is 6.54. The van der Waals surface area contributed by atoms with Crippen LogP contribution in [0.25, 0.3) is 0 Å². The zero-order valence-electron chi connectivity index (χ0n) is 14.7. The van der Waals surface area contributed by atoms with Gasteiger partial charge in [0.05, 0.1) is 5.92 Å². The summed E-state index contributed by atoms with van der Waals surface area (Å²) >= 11 is 0. The smallest absolute Gasteiger partial charge is 0.234 e. The van der Waals surface area contributed by atoms with Gasteiger partial charge in [-0.3, -0.25) is 4.79 Å². The van der Waals surface area contributed by atoms with E-state index in [-0.39, 0.29) is 18.0 Å². The van der Waals surface area contributed by atoms with Crippen LogP contribution in [0.2, 0.25) is 0 Å². The van der Waals surface area contributed by atoms with E-state index >= 15 is 0 Å². The second-order valence-corrected chi connectivity index (χ2v) is 6.54. The van der Waals surface area contributed by atoms with Crippen LogP contribution in [0, 0.1) is 11.6 Å². The van der Waals surface area contributed by atoms with Gasteiger partial charge in [-0.15, -0.1) is 0 Å². The van der Waals surface area contributed by atoms with Gasteiger partial charge in [-0.2, -0.15) is 0 Å². The lowest BCUT2D eigenvalue weighted by Gasteiger charge is -2.30. The molecule has 0 saturated carbocycles. The van der Waals surface area contributed by atoms with E-state index in [4.69, 9.17) is 4.74 Å². The number of amides is 1. The normalized spacial score (nSPS) is 12.7. The Kier molecular flexibility index (Phi) is 4.36. The summed E-state index contributed by atoms with van der Waals surface area (Å²) in [6.07, 6.45) is 0. The number of hydrogen-bond donors (Lipinski definition) is 0. The van der Waals surface area contributed by atoms with Gasteiger partial charge >= 0.3 is 0 Å². The minimum absolute atomic E-state index is 0.0483. The third-order valence-electron chi connectivity index (χ3n) is 4.73. The lowest BCUT2D eigenvalue weighted by molar-refractivity contribution is -0.131. The lowest BCUT2D eigenvalue weighted by atomic mass is 9.87. The zero-order valence-corrected chi connectivity index (χ0v) is 14.7. The summed E-state index contributed by atoms with van der Waals surface area (Å²) in [4.78, 5) is 14.7. The van der Waals surface area contributed by atoms with Crippen LogP contribution in [-0.2, 0) is 11.3 Å². The molecule has 0 saturated heterocycles.